The molecule has 2 rings (SSSR count). The van der Waals surface area contributed by atoms with Gasteiger partial charge in [0.15, 0.2) is 0 Å². The van der Waals surface area contributed by atoms with Gasteiger partial charge in [-0.2, -0.15) is 0 Å². The number of carboxylic acids is 1. The van der Waals surface area contributed by atoms with Crippen LogP contribution in [0.15, 0.2) is 54.6 Å². The van der Waals surface area contributed by atoms with Crippen LogP contribution in [0.3, 0.4) is 0 Å². The lowest BCUT2D eigenvalue weighted by Crippen LogP contribution is -2.28. The molecule has 0 fully saturated rings. The van der Waals surface area contributed by atoms with Gasteiger partial charge in [-0.15, -0.1) is 0 Å². The van der Waals surface area contributed by atoms with Gasteiger partial charge in [0, 0.05) is 18.7 Å². The third kappa shape index (κ3) is 10.1. The number of anilines is 1. The molecule has 2 aromatic carbocycles. The van der Waals surface area contributed by atoms with E-state index in [0.29, 0.717) is 19.4 Å². The lowest BCUT2D eigenvalue weighted by atomic mass is 10.1. The Morgan fingerprint density at radius 2 is 1.61 bits per heavy atom. The van der Waals surface area contributed by atoms with Crippen LogP contribution in [0.1, 0.15) is 32.1 Å². The summed E-state index contributed by atoms with van der Waals surface area (Å²) in [6.45, 7) is 0.477. The van der Waals surface area contributed by atoms with Gasteiger partial charge in [0.05, 0.1) is 6.42 Å². The smallest absolute Gasteiger partial charge is 0.353 e. The molecular formula is C23H28N2O5S. The molecule has 2 amide bonds. The minimum Gasteiger partial charge on any atom is -0.616 e. The number of carbonyl (C=O) groups is 3. The van der Waals surface area contributed by atoms with Gasteiger partial charge in [-0.25, -0.2) is 4.79 Å². The van der Waals surface area contributed by atoms with E-state index in [1.54, 1.807) is 0 Å². The fourth-order valence-electron chi connectivity index (χ4n) is 2.95. The quantitative estimate of drug-likeness (QED) is 0.324. The molecule has 7 nitrogen and oxygen atoms in total. The van der Waals surface area contributed by atoms with E-state index in [2.05, 4.69) is 10.6 Å². The number of nitrogens with one attached hydrogen (secondary N) is 2. The molecule has 0 radical (unpaired) electrons. The van der Waals surface area contributed by atoms with E-state index in [1.807, 2.05) is 54.6 Å². The monoisotopic (exact) mass is 444 g/mol. The molecule has 0 saturated heterocycles. The molecule has 0 spiro atoms. The van der Waals surface area contributed by atoms with Crippen molar-refractivity contribution in [2.24, 2.45) is 0 Å². The molecule has 1 atom stereocenters. The molecule has 8 heteroatoms. The van der Waals surface area contributed by atoms with Crippen molar-refractivity contribution in [3.8, 4) is 11.1 Å². The number of unbranched alkanes of at least 4 members (excludes halogenated alkanes) is 2. The zero-order valence-corrected chi connectivity index (χ0v) is 18.2. The highest BCUT2D eigenvalue weighted by molar-refractivity contribution is 7.92. The molecule has 0 aliphatic rings. The number of benzene rings is 2. The lowest BCUT2D eigenvalue weighted by Gasteiger charge is -2.09. The number of carboxylic acid groups (broad SMARTS) is 1. The van der Waals surface area contributed by atoms with Gasteiger partial charge < -0.3 is 20.3 Å². The van der Waals surface area contributed by atoms with Crippen molar-refractivity contribution in [2.75, 3.05) is 23.4 Å². The van der Waals surface area contributed by atoms with Crippen LogP contribution in [0, 0.1) is 0 Å². The molecule has 0 heterocycles. The second-order valence-corrected chi connectivity index (χ2v) is 8.66. The van der Waals surface area contributed by atoms with Crippen LogP contribution in [-0.4, -0.2) is 45.5 Å². The van der Waals surface area contributed by atoms with Gasteiger partial charge in [0.25, 0.3) is 0 Å². The minimum absolute atomic E-state index is 0.0454. The Balaban J connectivity index is 1.58. The van der Waals surface area contributed by atoms with E-state index in [-0.39, 0.29) is 24.0 Å². The zero-order valence-electron chi connectivity index (χ0n) is 17.3. The largest absolute Gasteiger partial charge is 0.616 e. The van der Waals surface area contributed by atoms with Crippen LogP contribution in [0.2, 0.25) is 0 Å². The Morgan fingerprint density at radius 3 is 2.35 bits per heavy atom. The van der Waals surface area contributed by atoms with E-state index in [1.165, 1.54) is 0 Å². The van der Waals surface area contributed by atoms with Gasteiger partial charge >= 0.3 is 5.97 Å². The van der Waals surface area contributed by atoms with Gasteiger partial charge in [-0.3, -0.25) is 9.59 Å². The molecule has 2 aromatic rings. The highest BCUT2D eigenvalue weighted by Crippen LogP contribution is 2.22. The van der Waals surface area contributed by atoms with E-state index < -0.39 is 22.9 Å². The van der Waals surface area contributed by atoms with Crippen molar-refractivity contribution in [1.82, 2.24) is 5.32 Å². The number of amides is 2. The summed E-state index contributed by atoms with van der Waals surface area (Å²) in [5, 5.41) is 14.2. The predicted octanol–water partition coefficient (Wildman–Crippen LogP) is 3.19. The van der Waals surface area contributed by atoms with Gasteiger partial charge in [-0.1, -0.05) is 48.9 Å². The highest BCUT2D eigenvalue weighted by atomic mass is 32.2. The molecule has 31 heavy (non-hydrogen) atoms. The number of aliphatic carboxylic acids is 1. The second-order valence-electron chi connectivity index (χ2n) is 7.09. The predicted molar refractivity (Wildman–Crippen MR) is 122 cm³/mol. The Labute approximate surface area is 185 Å². The van der Waals surface area contributed by atoms with Crippen LogP contribution in [0.5, 0.6) is 0 Å². The summed E-state index contributed by atoms with van der Waals surface area (Å²) in [5.74, 6) is -1.81. The zero-order chi connectivity index (χ0) is 22.5. The summed E-state index contributed by atoms with van der Waals surface area (Å²) in [7, 11) is 0. The van der Waals surface area contributed by atoms with E-state index in [0.717, 1.165) is 29.7 Å². The third-order valence-electron chi connectivity index (χ3n) is 4.50. The van der Waals surface area contributed by atoms with Crippen LogP contribution in [0.25, 0.3) is 11.1 Å². The van der Waals surface area contributed by atoms with Crippen LogP contribution < -0.4 is 10.6 Å². The summed E-state index contributed by atoms with van der Waals surface area (Å²) in [5.41, 5.74) is 2.90. The lowest BCUT2D eigenvalue weighted by molar-refractivity contribution is -0.134. The summed E-state index contributed by atoms with van der Waals surface area (Å²) >= 11 is -1.52. The van der Waals surface area contributed by atoms with Gasteiger partial charge in [0.2, 0.25) is 17.6 Å². The SMILES string of the molecule is O=C(O)C[S+]([O-])CCC(=O)NCCCCCC(=O)Nc1cccc(-c2ccccc2)c1. The maximum Gasteiger partial charge on any atom is 0.353 e. The second kappa shape index (κ2) is 13.5. The molecule has 1 unspecified atom stereocenters. The summed E-state index contributed by atoms with van der Waals surface area (Å²) < 4.78 is 11.4. The maximum absolute atomic E-state index is 12.2. The first-order valence-corrected chi connectivity index (χ1v) is 11.7. The fraction of sp³-hybridized carbons (Fsp3) is 0.348. The Bertz CT molecular complexity index is 860. The molecule has 0 aliphatic heterocycles. The van der Waals surface area contributed by atoms with E-state index >= 15 is 0 Å². The third-order valence-corrected chi connectivity index (χ3v) is 5.73. The standard InChI is InChI=1S/C23H28N2O5S/c26-21(13-15-31(30)17-23(28)29)24-14-6-2-5-12-22(27)25-20-11-7-10-19(16-20)18-8-3-1-4-9-18/h1,3-4,7-11,16H,2,5-6,12-15,17H2,(H,24,26)(H,25,27)(H,28,29). The molecule has 0 bridgehead atoms. The molecule has 3 N–H and O–H groups in total. The number of carbonyl (C=O) groups excluding carboxylic acids is 2. The Hall–Kier alpha value is -2.84. The van der Waals surface area contributed by atoms with Gasteiger partial charge in [-0.05, 0) is 47.3 Å². The van der Waals surface area contributed by atoms with Crippen molar-refractivity contribution in [2.45, 2.75) is 32.1 Å². The van der Waals surface area contributed by atoms with Crippen LogP contribution in [0.4, 0.5) is 5.69 Å². The Kier molecular flexibility index (Phi) is 10.6. The van der Waals surface area contributed by atoms with Crippen molar-refractivity contribution in [1.29, 1.82) is 0 Å². The van der Waals surface area contributed by atoms with Crippen LogP contribution >= 0.6 is 0 Å². The topological polar surface area (TPSA) is 119 Å². The fourth-order valence-corrected chi connectivity index (χ4v) is 3.78. The first kappa shape index (κ1) is 24.4. The van der Waals surface area contributed by atoms with Gasteiger partial charge in [0.1, 0.15) is 5.75 Å². The number of rotatable bonds is 13. The van der Waals surface area contributed by atoms with Crippen molar-refractivity contribution < 1.29 is 24.0 Å². The maximum atomic E-state index is 12.2. The minimum atomic E-state index is -1.52. The van der Waals surface area contributed by atoms with Crippen molar-refractivity contribution in [3.05, 3.63) is 54.6 Å². The molecule has 0 saturated carbocycles. The van der Waals surface area contributed by atoms with E-state index in [9.17, 15) is 18.9 Å². The van der Waals surface area contributed by atoms with Crippen LogP contribution in [-0.2, 0) is 25.6 Å². The Morgan fingerprint density at radius 1 is 0.871 bits per heavy atom. The number of hydrogen-bond donors (Lipinski definition) is 3. The normalized spacial score (nSPS) is 11.5. The first-order valence-electron chi connectivity index (χ1n) is 10.2. The average Bonchev–Trinajstić information content (AvgIpc) is 2.75. The van der Waals surface area contributed by atoms with Crippen molar-refractivity contribution >= 4 is 34.6 Å². The average molecular weight is 445 g/mol. The molecule has 0 aromatic heterocycles. The summed E-state index contributed by atoms with van der Waals surface area (Å²) in [4.78, 5) is 34.3. The van der Waals surface area contributed by atoms with E-state index in [4.69, 9.17) is 5.11 Å². The number of hydrogen-bond acceptors (Lipinski definition) is 4. The molecule has 0 aliphatic carbocycles. The summed E-state index contributed by atoms with van der Waals surface area (Å²) in [6, 6.07) is 17.7. The van der Waals surface area contributed by atoms with Crippen molar-refractivity contribution in [3.63, 3.8) is 0 Å². The molecule has 166 valence electrons. The highest BCUT2D eigenvalue weighted by Gasteiger charge is 2.13. The molecular weight excluding hydrogens is 416 g/mol. The first-order chi connectivity index (χ1) is 14.9. The summed E-state index contributed by atoms with van der Waals surface area (Å²) in [6.07, 6.45) is 2.69.